The molecule has 1 aliphatic heterocycles. The zero-order chi connectivity index (χ0) is 19.7. The van der Waals surface area contributed by atoms with Crippen LogP contribution in [-0.2, 0) is 11.3 Å². The second-order valence-electron chi connectivity index (χ2n) is 5.56. The van der Waals surface area contributed by atoms with E-state index in [-0.39, 0.29) is 28.0 Å². The molecule has 0 unspecified atom stereocenters. The first-order valence-corrected chi connectivity index (χ1v) is 9.83. The number of nitrogens with zero attached hydrogens (tertiary/aromatic N) is 1. The van der Waals surface area contributed by atoms with Gasteiger partial charge in [0.1, 0.15) is 5.82 Å². The third-order valence-corrected chi connectivity index (χ3v) is 5.87. The average Bonchev–Trinajstić information content (AvgIpc) is 2.87. The van der Waals surface area contributed by atoms with Crippen molar-refractivity contribution in [1.29, 1.82) is 0 Å². The smallest absolute Gasteiger partial charge is 0.293 e. The van der Waals surface area contributed by atoms with E-state index in [1.165, 1.54) is 19.2 Å². The van der Waals surface area contributed by atoms with Crippen LogP contribution in [0.2, 0.25) is 5.02 Å². The highest BCUT2D eigenvalue weighted by Crippen LogP contribution is 2.37. The van der Waals surface area contributed by atoms with Gasteiger partial charge in [-0.15, -0.1) is 0 Å². The molecule has 1 N–H and O–H groups in total. The van der Waals surface area contributed by atoms with Crippen molar-refractivity contribution in [3.8, 4) is 11.5 Å². The van der Waals surface area contributed by atoms with Crippen molar-refractivity contribution in [3.63, 3.8) is 0 Å². The Morgan fingerprint density at radius 2 is 2.07 bits per heavy atom. The van der Waals surface area contributed by atoms with Gasteiger partial charge in [0.05, 0.1) is 22.1 Å². The second-order valence-corrected chi connectivity index (χ2v) is 8.12. The van der Waals surface area contributed by atoms with Gasteiger partial charge < -0.3 is 9.84 Å². The van der Waals surface area contributed by atoms with Crippen LogP contribution in [-0.4, -0.2) is 28.3 Å². The van der Waals surface area contributed by atoms with E-state index in [0.717, 1.165) is 22.7 Å². The first kappa shape index (κ1) is 20.0. The van der Waals surface area contributed by atoms with Crippen molar-refractivity contribution in [2.24, 2.45) is 0 Å². The summed E-state index contributed by atoms with van der Waals surface area (Å²) in [6.45, 7) is -0.0441. The zero-order valence-corrected chi connectivity index (χ0v) is 17.6. The van der Waals surface area contributed by atoms with E-state index < -0.39 is 17.0 Å². The Morgan fingerprint density at radius 3 is 2.74 bits per heavy atom. The lowest BCUT2D eigenvalue weighted by Gasteiger charge is -2.13. The van der Waals surface area contributed by atoms with Crippen LogP contribution in [0, 0.1) is 9.39 Å². The summed E-state index contributed by atoms with van der Waals surface area (Å²) in [4.78, 5) is 26.2. The summed E-state index contributed by atoms with van der Waals surface area (Å²) in [5, 5.41) is 9.61. The van der Waals surface area contributed by atoms with E-state index in [1.54, 1.807) is 18.2 Å². The van der Waals surface area contributed by atoms with Gasteiger partial charge in [0.2, 0.25) is 0 Å². The standard InChI is InChI=1S/C18H12ClFINO4S/c1-26-14-5-9(4-13(21)16(14)23)6-15-17(24)22(18(25)27-15)8-10-2-3-11(20)7-12(10)19/h2-7,23H,8H2,1H3. The lowest BCUT2D eigenvalue weighted by Crippen LogP contribution is -2.27. The number of rotatable bonds is 4. The maximum atomic E-state index is 13.2. The molecule has 0 atom stereocenters. The first-order chi connectivity index (χ1) is 12.8. The number of phenols is 1. The topological polar surface area (TPSA) is 66.8 Å². The van der Waals surface area contributed by atoms with E-state index in [2.05, 4.69) is 0 Å². The number of hydrogen-bond acceptors (Lipinski definition) is 5. The number of aromatic hydroxyl groups is 1. The number of methoxy groups -OCH3 is 1. The Kier molecular flexibility index (Phi) is 5.97. The molecule has 0 spiro atoms. The number of benzene rings is 2. The first-order valence-electron chi connectivity index (χ1n) is 7.56. The van der Waals surface area contributed by atoms with E-state index >= 15 is 0 Å². The molecule has 0 aliphatic carbocycles. The van der Waals surface area contributed by atoms with Crippen LogP contribution in [0.25, 0.3) is 6.08 Å². The van der Waals surface area contributed by atoms with Gasteiger partial charge in [-0.3, -0.25) is 14.5 Å². The van der Waals surface area contributed by atoms with E-state index in [4.69, 9.17) is 16.3 Å². The average molecular weight is 520 g/mol. The second kappa shape index (κ2) is 8.07. The molecular formula is C18H12ClFINO4S. The van der Waals surface area contributed by atoms with Crippen LogP contribution in [0.15, 0.2) is 35.2 Å². The molecule has 0 saturated carbocycles. The summed E-state index contributed by atoms with van der Waals surface area (Å²) in [7, 11) is 1.43. The van der Waals surface area contributed by atoms with Crippen LogP contribution >= 0.6 is 46.0 Å². The molecule has 1 saturated heterocycles. The highest BCUT2D eigenvalue weighted by molar-refractivity contribution is 14.1. The molecule has 27 heavy (non-hydrogen) atoms. The van der Waals surface area contributed by atoms with Gasteiger partial charge in [0.15, 0.2) is 11.5 Å². The summed E-state index contributed by atoms with van der Waals surface area (Å²) in [6.07, 6.45) is 1.56. The van der Waals surface area contributed by atoms with Crippen LogP contribution in [0.5, 0.6) is 11.5 Å². The number of halogens is 3. The molecule has 3 rings (SSSR count). The van der Waals surface area contributed by atoms with Crippen molar-refractivity contribution in [2.75, 3.05) is 7.11 Å². The van der Waals surface area contributed by atoms with Gasteiger partial charge in [0, 0.05) is 5.02 Å². The Morgan fingerprint density at radius 1 is 1.33 bits per heavy atom. The minimum Gasteiger partial charge on any atom is -0.504 e. The number of imide groups is 1. The van der Waals surface area contributed by atoms with Crippen molar-refractivity contribution in [1.82, 2.24) is 4.90 Å². The third-order valence-electron chi connectivity index (χ3n) is 3.79. The molecule has 0 aromatic heterocycles. The third kappa shape index (κ3) is 4.22. The Bertz CT molecular complexity index is 982. The number of ether oxygens (including phenoxy) is 1. The van der Waals surface area contributed by atoms with Gasteiger partial charge in [0.25, 0.3) is 11.1 Å². The molecule has 9 heteroatoms. The Balaban J connectivity index is 1.87. The molecular weight excluding hydrogens is 508 g/mol. The van der Waals surface area contributed by atoms with Crippen molar-refractivity contribution in [3.05, 3.63) is 60.8 Å². The van der Waals surface area contributed by atoms with Crippen molar-refractivity contribution in [2.45, 2.75) is 6.54 Å². The fraction of sp³-hybridized carbons (Fsp3) is 0.111. The molecule has 0 radical (unpaired) electrons. The number of phenolic OH excluding ortho intramolecular Hbond substituents is 1. The SMILES string of the molecule is COc1cc(C=C2SC(=O)N(Cc3ccc(F)cc3Cl)C2=O)cc(I)c1O. The maximum Gasteiger partial charge on any atom is 0.293 e. The minimum atomic E-state index is -0.492. The highest BCUT2D eigenvalue weighted by Gasteiger charge is 2.35. The van der Waals surface area contributed by atoms with Crippen LogP contribution in [0.4, 0.5) is 9.18 Å². The lowest BCUT2D eigenvalue weighted by molar-refractivity contribution is -0.123. The summed E-state index contributed by atoms with van der Waals surface area (Å²) in [5.41, 5.74) is 1.09. The number of carbonyl (C=O) groups excluding carboxylic acids is 2. The normalized spacial score (nSPS) is 15.7. The van der Waals surface area contributed by atoms with Crippen LogP contribution in [0.3, 0.4) is 0 Å². The van der Waals surface area contributed by atoms with Gasteiger partial charge in [-0.1, -0.05) is 17.7 Å². The molecule has 1 heterocycles. The Hall–Kier alpha value is -1.78. The van der Waals surface area contributed by atoms with Gasteiger partial charge >= 0.3 is 0 Å². The lowest BCUT2D eigenvalue weighted by atomic mass is 10.1. The molecule has 140 valence electrons. The largest absolute Gasteiger partial charge is 0.504 e. The molecule has 1 aliphatic rings. The summed E-state index contributed by atoms with van der Waals surface area (Å²) in [5.74, 6) is -0.680. The molecule has 5 nitrogen and oxygen atoms in total. The summed E-state index contributed by atoms with van der Waals surface area (Å²) in [6, 6.07) is 7.04. The summed E-state index contributed by atoms with van der Waals surface area (Å²) >= 11 is 8.74. The summed E-state index contributed by atoms with van der Waals surface area (Å²) < 4.78 is 18.8. The van der Waals surface area contributed by atoms with E-state index in [0.29, 0.717) is 14.7 Å². The van der Waals surface area contributed by atoms with E-state index in [9.17, 15) is 19.1 Å². The van der Waals surface area contributed by atoms with E-state index in [1.807, 2.05) is 22.6 Å². The number of thioether (sulfide) groups is 1. The monoisotopic (exact) mass is 519 g/mol. The maximum absolute atomic E-state index is 13.2. The Labute approximate surface area is 177 Å². The van der Waals surface area contributed by atoms with Crippen LogP contribution in [0.1, 0.15) is 11.1 Å². The number of hydrogen-bond donors (Lipinski definition) is 1. The van der Waals surface area contributed by atoms with Crippen LogP contribution < -0.4 is 4.74 Å². The number of amides is 2. The fourth-order valence-corrected chi connectivity index (χ4v) is 4.13. The molecule has 2 aromatic rings. The van der Waals surface area contributed by atoms with Gasteiger partial charge in [-0.25, -0.2) is 4.39 Å². The van der Waals surface area contributed by atoms with Crippen molar-refractivity contribution < 1.29 is 23.8 Å². The van der Waals surface area contributed by atoms with Gasteiger partial charge in [-0.2, -0.15) is 0 Å². The van der Waals surface area contributed by atoms with Crippen molar-refractivity contribution >= 4 is 63.2 Å². The quantitative estimate of drug-likeness (QED) is 0.453. The molecule has 2 aromatic carbocycles. The zero-order valence-electron chi connectivity index (χ0n) is 13.8. The molecule has 1 fully saturated rings. The number of carbonyl (C=O) groups is 2. The predicted molar refractivity (Wildman–Crippen MR) is 110 cm³/mol. The molecule has 0 bridgehead atoms. The van der Waals surface area contributed by atoms with Gasteiger partial charge in [-0.05, 0) is 75.8 Å². The highest BCUT2D eigenvalue weighted by atomic mass is 127. The predicted octanol–water partition coefficient (Wildman–Crippen LogP) is 5.03. The minimum absolute atomic E-state index is 0.00862. The fourth-order valence-electron chi connectivity index (χ4n) is 2.44. The molecule has 2 amide bonds.